The molecule has 0 spiro atoms. The standard InChI is InChI=1S/C21H20ClN3O4/c22-15-6-2-1-5-13(15)10-24-11-14(9-19(24)26)21(28)25-12-18(20(23)27)29-17-8-4-3-7-16(17)25/h1-8,14,18H,9-12H2,(H2,23,27)/t14-,18-/m0/s1. The quantitative estimate of drug-likeness (QED) is 0.829. The van der Waals surface area contributed by atoms with Crippen LogP contribution in [0.5, 0.6) is 5.75 Å². The molecule has 8 heteroatoms. The zero-order chi connectivity index (χ0) is 20.5. The van der Waals surface area contributed by atoms with E-state index in [2.05, 4.69) is 0 Å². The summed E-state index contributed by atoms with van der Waals surface area (Å²) < 4.78 is 5.61. The lowest BCUT2D eigenvalue weighted by molar-refractivity contribution is -0.129. The molecule has 0 bridgehead atoms. The van der Waals surface area contributed by atoms with Crippen molar-refractivity contribution >= 4 is 35.0 Å². The number of fused-ring (bicyclic) bond motifs is 1. The summed E-state index contributed by atoms with van der Waals surface area (Å²) in [6.07, 6.45) is -0.811. The van der Waals surface area contributed by atoms with Gasteiger partial charge in [0.1, 0.15) is 5.75 Å². The minimum Gasteiger partial charge on any atom is -0.477 e. The Kier molecular flexibility index (Phi) is 5.15. The molecule has 2 aromatic rings. The number of amides is 3. The van der Waals surface area contributed by atoms with E-state index in [1.807, 2.05) is 18.2 Å². The zero-order valence-electron chi connectivity index (χ0n) is 15.6. The molecule has 0 radical (unpaired) electrons. The average molecular weight is 414 g/mol. The van der Waals surface area contributed by atoms with E-state index in [4.69, 9.17) is 22.1 Å². The molecule has 4 rings (SSSR count). The lowest BCUT2D eigenvalue weighted by atomic mass is 10.0. The second-order valence-electron chi connectivity index (χ2n) is 7.19. The van der Waals surface area contributed by atoms with Gasteiger partial charge in [0.05, 0.1) is 18.2 Å². The van der Waals surface area contributed by atoms with Gasteiger partial charge in [-0.05, 0) is 23.8 Å². The van der Waals surface area contributed by atoms with Crippen LogP contribution in [-0.2, 0) is 20.9 Å². The van der Waals surface area contributed by atoms with E-state index in [1.165, 1.54) is 4.90 Å². The minimum atomic E-state index is -0.926. The Bertz CT molecular complexity index is 980. The fourth-order valence-electron chi connectivity index (χ4n) is 3.73. The Balaban J connectivity index is 1.53. The number of hydrogen-bond acceptors (Lipinski definition) is 4. The summed E-state index contributed by atoms with van der Waals surface area (Å²) in [5.41, 5.74) is 6.82. The number of para-hydroxylation sites is 2. The highest BCUT2D eigenvalue weighted by molar-refractivity contribution is 6.31. The van der Waals surface area contributed by atoms with Gasteiger partial charge in [-0.15, -0.1) is 0 Å². The Morgan fingerprint density at radius 2 is 1.83 bits per heavy atom. The number of likely N-dealkylation sites (tertiary alicyclic amines) is 1. The van der Waals surface area contributed by atoms with Crippen LogP contribution in [0, 0.1) is 5.92 Å². The third-order valence-electron chi connectivity index (χ3n) is 5.24. The zero-order valence-corrected chi connectivity index (χ0v) is 16.3. The predicted molar refractivity (Wildman–Crippen MR) is 107 cm³/mol. The molecule has 29 heavy (non-hydrogen) atoms. The predicted octanol–water partition coefficient (Wildman–Crippen LogP) is 1.97. The first-order valence-corrected chi connectivity index (χ1v) is 9.69. The molecule has 0 aromatic heterocycles. The molecule has 150 valence electrons. The number of hydrogen-bond donors (Lipinski definition) is 1. The minimum absolute atomic E-state index is 0.0282. The summed E-state index contributed by atoms with van der Waals surface area (Å²) in [4.78, 5) is 40.6. The van der Waals surface area contributed by atoms with Gasteiger partial charge in [0, 0.05) is 24.5 Å². The molecule has 0 saturated carbocycles. The van der Waals surface area contributed by atoms with Gasteiger partial charge < -0.3 is 20.3 Å². The fourth-order valence-corrected chi connectivity index (χ4v) is 3.93. The van der Waals surface area contributed by atoms with E-state index in [1.54, 1.807) is 35.2 Å². The van der Waals surface area contributed by atoms with Gasteiger partial charge in [-0.1, -0.05) is 41.9 Å². The van der Waals surface area contributed by atoms with E-state index in [0.717, 1.165) is 5.56 Å². The van der Waals surface area contributed by atoms with Crippen LogP contribution in [0.25, 0.3) is 0 Å². The van der Waals surface area contributed by atoms with Crippen LogP contribution in [0.4, 0.5) is 5.69 Å². The normalized spacial score (nSPS) is 20.9. The monoisotopic (exact) mass is 413 g/mol. The second kappa shape index (κ2) is 7.75. The summed E-state index contributed by atoms with van der Waals surface area (Å²) in [5.74, 6) is -1.05. The molecule has 0 aliphatic carbocycles. The number of benzene rings is 2. The van der Waals surface area contributed by atoms with Crippen molar-refractivity contribution in [3.8, 4) is 5.75 Å². The summed E-state index contributed by atoms with van der Waals surface area (Å²) >= 11 is 6.20. The lowest BCUT2D eigenvalue weighted by Gasteiger charge is -2.34. The number of ether oxygens (including phenoxy) is 1. The van der Waals surface area contributed by atoms with Crippen molar-refractivity contribution in [2.24, 2.45) is 11.7 Å². The molecule has 2 aliphatic rings. The van der Waals surface area contributed by atoms with E-state index in [-0.39, 0.29) is 24.8 Å². The van der Waals surface area contributed by atoms with Crippen LogP contribution in [0.1, 0.15) is 12.0 Å². The Morgan fingerprint density at radius 1 is 1.10 bits per heavy atom. The van der Waals surface area contributed by atoms with Crippen LogP contribution < -0.4 is 15.4 Å². The summed E-state index contributed by atoms with van der Waals surface area (Å²) in [5, 5.41) is 0.585. The first-order valence-electron chi connectivity index (χ1n) is 9.31. The molecule has 2 atom stereocenters. The molecule has 7 nitrogen and oxygen atoms in total. The number of primary amides is 1. The van der Waals surface area contributed by atoms with E-state index < -0.39 is 17.9 Å². The summed E-state index contributed by atoms with van der Waals surface area (Å²) in [6, 6.07) is 14.3. The average Bonchev–Trinajstić information content (AvgIpc) is 3.08. The largest absolute Gasteiger partial charge is 0.477 e. The highest BCUT2D eigenvalue weighted by Gasteiger charge is 2.40. The molecular weight excluding hydrogens is 394 g/mol. The third-order valence-corrected chi connectivity index (χ3v) is 5.61. The molecule has 2 aromatic carbocycles. The number of nitrogens with zero attached hydrogens (tertiary/aromatic N) is 2. The fraction of sp³-hybridized carbons (Fsp3) is 0.286. The number of halogens is 1. The maximum Gasteiger partial charge on any atom is 0.260 e. The highest BCUT2D eigenvalue weighted by atomic mass is 35.5. The van der Waals surface area contributed by atoms with E-state index >= 15 is 0 Å². The van der Waals surface area contributed by atoms with Crippen molar-refractivity contribution in [2.45, 2.75) is 19.1 Å². The second-order valence-corrected chi connectivity index (χ2v) is 7.60. The van der Waals surface area contributed by atoms with Crippen LogP contribution in [0.15, 0.2) is 48.5 Å². The van der Waals surface area contributed by atoms with Gasteiger partial charge in [-0.25, -0.2) is 0 Å². The van der Waals surface area contributed by atoms with Gasteiger partial charge in [0.2, 0.25) is 11.8 Å². The summed E-state index contributed by atoms with van der Waals surface area (Å²) in [7, 11) is 0. The van der Waals surface area contributed by atoms with Crippen LogP contribution in [0.3, 0.4) is 0 Å². The molecule has 2 heterocycles. The van der Waals surface area contributed by atoms with Gasteiger partial charge in [-0.2, -0.15) is 0 Å². The summed E-state index contributed by atoms with van der Waals surface area (Å²) in [6.45, 7) is 0.677. The van der Waals surface area contributed by atoms with Crippen LogP contribution in [0.2, 0.25) is 5.02 Å². The highest BCUT2D eigenvalue weighted by Crippen LogP contribution is 2.35. The molecule has 1 fully saturated rings. The first kappa shape index (κ1) is 19.3. The SMILES string of the molecule is NC(=O)[C@@H]1CN(C(=O)[C@H]2CC(=O)N(Cc3ccccc3Cl)C2)c2ccccc2O1. The molecule has 2 N–H and O–H groups in total. The van der Waals surface area contributed by atoms with Gasteiger partial charge in [0.15, 0.2) is 6.10 Å². The van der Waals surface area contributed by atoms with Gasteiger partial charge >= 0.3 is 0 Å². The van der Waals surface area contributed by atoms with Crippen molar-refractivity contribution in [3.05, 3.63) is 59.1 Å². The molecular formula is C21H20ClN3O4. The van der Waals surface area contributed by atoms with Gasteiger partial charge in [0.25, 0.3) is 5.91 Å². The first-order chi connectivity index (χ1) is 13.9. The van der Waals surface area contributed by atoms with Crippen molar-refractivity contribution in [3.63, 3.8) is 0 Å². The number of carbonyl (C=O) groups is 3. The Labute approximate surface area is 173 Å². The molecule has 1 saturated heterocycles. The third kappa shape index (κ3) is 3.78. The van der Waals surface area contributed by atoms with Gasteiger partial charge in [-0.3, -0.25) is 14.4 Å². The van der Waals surface area contributed by atoms with Crippen molar-refractivity contribution in [1.29, 1.82) is 0 Å². The number of rotatable bonds is 4. The lowest BCUT2D eigenvalue weighted by Crippen LogP contribution is -2.51. The number of anilines is 1. The van der Waals surface area contributed by atoms with Crippen molar-refractivity contribution in [1.82, 2.24) is 4.90 Å². The Hall–Kier alpha value is -3.06. The van der Waals surface area contributed by atoms with Crippen molar-refractivity contribution in [2.75, 3.05) is 18.0 Å². The van der Waals surface area contributed by atoms with Crippen LogP contribution >= 0.6 is 11.6 Å². The maximum absolute atomic E-state index is 13.3. The van der Waals surface area contributed by atoms with E-state index in [0.29, 0.717) is 29.5 Å². The van der Waals surface area contributed by atoms with Crippen molar-refractivity contribution < 1.29 is 19.1 Å². The smallest absolute Gasteiger partial charge is 0.260 e. The topological polar surface area (TPSA) is 92.9 Å². The Morgan fingerprint density at radius 3 is 2.59 bits per heavy atom. The molecule has 3 amide bonds. The maximum atomic E-state index is 13.3. The molecule has 2 aliphatic heterocycles. The number of nitrogens with two attached hydrogens (primary N) is 1. The number of carbonyl (C=O) groups excluding carboxylic acids is 3. The molecule has 0 unspecified atom stereocenters. The van der Waals surface area contributed by atoms with E-state index in [9.17, 15) is 14.4 Å². The van der Waals surface area contributed by atoms with Crippen LogP contribution in [-0.4, -0.2) is 41.8 Å².